The molecule has 3 rings (SSSR count). The first-order chi connectivity index (χ1) is 16.5. The Hall–Kier alpha value is -3.13. The highest BCUT2D eigenvalue weighted by Gasteiger charge is 2.22. The molecule has 6 nitrogen and oxygen atoms in total. The molecule has 180 valence electrons. The van der Waals surface area contributed by atoms with Gasteiger partial charge in [-0.1, -0.05) is 80.7 Å². The molecule has 2 N–H and O–H groups in total. The predicted octanol–water partition coefficient (Wildman–Crippen LogP) is 5.76. The third-order valence-corrected chi connectivity index (χ3v) is 6.33. The van der Waals surface area contributed by atoms with E-state index in [2.05, 4.69) is 27.8 Å². The normalized spacial score (nSPS) is 11.7. The monoisotopic (exact) mass is 482 g/mol. The third-order valence-electron chi connectivity index (χ3n) is 5.44. The van der Waals surface area contributed by atoms with Crippen LogP contribution in [0.3, 0.4) is 0 Å². The average molecular weight is 483 g/mol. The second-order valence-electron chi connectivity index (χ2n) is 8.24. The van der Waals surface area contributed by atoms with E-state index >= 15 is 0 Å². The molecule has 1 heterocycles. The lowest BCUT2D eigenvalue weighted by atomic mass is 10.0. The van der Waals surface area contributed by atoms with Crippen molar-refractivity contribution in [2.45, 2.75) is 64.3 Å². The SMILES string of the molecule is CCCCCCCCC(=O)N[C@@H](Cc1ccccc1)C(=O)Nc1nnc(-c2ccc(F)cc2)s1. The molecule has 8 heteroatoms. The number of unbranched alkanes of at least 4 members (excludes halogenated alkanes) is 5. The molecule has 1 atom stereocenters. The van der Waals surface area contributed by atoms with Crippen molar-refractivity contribution in [3.05, 3.63) is 66.0 Å². The van der Waals surface area contributed by atoms with E-state index in [4.69, 9.17) is 0 Å². The molecule has 0 radical (unpaired) electrons. The van der Waals surface area contributed by atoms with Crippen LogP contribution in [0.25, 0.3) is 10.6 Å². The van der Waals surface area contributed by atoms with Crippen LogP contribution in [-0.4, -0.2) is 28.1 Å². The van der Waals surface area contributed by atoms with Crippen LogP contribution in [0.4, 0.5) is 9.52 Å². The molecule has 0 spiro atoms. The Labute approximate surface area is 204 Å². The summed E-state index contributed by atoms with van der Waals surface area (Å²) >= 11 is 1.20. The lowest BCUT2D eigenvalue weighted by molar-refractivity contribution is -0.126. The molecule has 1 aromatic heterocycles. The van der Waals surface area contributed by atoms with E-state index in [-0.39, 0.29) is 17.6 Å². The second kappa shape index (κ2) is 13.5. The molecule has 0 fully saturated rings. The number of benzene rings is 2. The molecule has 0 bridgehead atoms. The fourth-order valence-corrected chi connectivity index (χ4v) is 4.32. The van der Waals surface area contributed by atoms with Gasteiger partial charge in [0.05, 0.1) is 0 Å². The zero-order valence-corrected chi connectivity index (χ0v) is 20.2. The Balaban J connectivity index is 1.60. The van der Waals surface area contributed by atoms with Crippen molar-refractivity contribution in [2.75, 3.05) is 5.32 Å². The number of hydrogen-bond acceptors (Lipinski definition) is 5. The van der Waals surface area contributed by atoms with Gasteiger partial charge in [0.25, 0.3) is 0 Å². The number of carbonyl (C=O) groups excluding carboxylic acids is 2. The van der Waals surface area contributed by atoms with Crippen LogP contribution in [0.5, 0.6) is 0 Å². The van der Waals surface area contributed by atoms with Gasteiger partial charge in [0.15, 0.2) is 0 Å². The minimum atomic E-state index is -0.729. The maximum absolute atomic E-state index is 13.2. The maximum Gasteiger partial charge on any atom is 0.249 e. The summed E-state index contributed by atoms with van der Waals surface area (Å²) in [5.74, 6) is -0.806. The van der Waals surface area contributed by atoms with E-state index < -0.39 is 6.04 Å². The molecule has 0 saturated heterocycles. The summed E-state index contributed by atoms with van der Waals surface area (Å²) in [5.41, 5.74) is 1.67. The number of nitrogens with one attached hydrogen (secondary N) is 2. The summed E-state index contributed by atoms with van der Waals surface area (Å²) in [5, 5.41) is 14.7. The van der Waals surface area contributed by atoms with Gasteiger partial charge in [-0.3, -0.25) is 14.9 Å². The number of halogens is 1. The smallest absolute Gasteiger partial charge is 0.249 e. The molecule has 0 unspecified atom stereocenters. The van der Waals surface area contributed by atoms with Crippen molar-refractivity contribution in [1.29, 1.82) is 0 Å². The average Bonchev–Trinajstić information content (AvgIpc) is 3.30. The Bertz CT molecular complexity index is 1040. The Morgan fingerprint density at radius 3 is 2.38 bits per heavy atom. The fraction of sp³-hybridized carbons (Fsp3) is 0.385. The molecular formula is C26H31FN4O2S. The molecule has 2 amide bonds. The van der Waals surface area contributed by atoms with Crippen LogP contribution in [0.2, 0.25) is 0 Å². The lowest BCUT2D eigenvalue weighted by Crippen LogP contribution is -2.45. The van der Waals surface area contributed by atoms with Gasteiger partial charge in [0, 0.05) is 18.4 Å². The quantitative estimate of drug-likeness (QED) is 0.303. The van der Waals surface area contributed by atoms with Gasteiger partial charge >= 0.3 is 0 Å². The number of nitrogens with zero attached hydrogens (tertiary/aromatic N) is 2. The topological polar surface area (TPSA) is 84.0 Å². The molecule has 34 heavy (non-hydrogen) atoms. The lowest BCUT2D eigenvalue weighted by Gasteiger charge is -2.18. The van der Waals surface area contributed by atoms with Crippen LogP contribution < -0.4 is 10.6 Å². The largest absolute Gasteiger partial charge is 0.344 e. The third kappa shape index (κ3) is 8.33. The first-order valence-corrected chi connectivity index (χ1v) is 12.6. The molecule has 0 saturated carbocycles. The molecule has 3 aromatic rings. The first-order valence-electron chi connectivity index (χ1n) is 11.8. The van der Waals surface area contributed by atoms with Gasteiger partial charge in [-0.2, -0.15) is 0 Å². The summed E-state index contributed by atoms with van der Waals surface area (Å²) in [7, 11) is 0. The Kier molecular flexibility index (Phi) is 10.2. The Morgan fingerprint density at radius 1 is 0.941 bits per heavy atom. The first kappa shape index (κ1) is 25.5. The summed E-state index contributed by atoms with van der Waals surface area (Å²) in [6.45, 7) is 2.18. The van der Waals surface area contributed by atoms with E-state index in [1.807, 2.05) is 30.3 Å². The number of anilines is 1. The number of hydrogen-bond donors (Lipinski definition) is 2. The number of aromatic nitrogens is 2. The van der Waals surface area contributed by atoms with Crippen molar-refractivity contribution < 1.29 is 14.0 Å². The molecule has 0 aliphatic heterocycles. The van der Waals surface area contributed by atoms with Gasteiger partial charge in [-0.15, -0.1) is 10.2 Å². The van der Waals surface area contributed by atoms with Gasteiger partial charge in [0.2, 0.25) is 16.9 Å². The van der Waals surface area contributed by atoms with E-state index in [9.17, 15) is 14.0 Å². The van der Waals surface area contributed by atoms with Crippen molar-refractivity contribution in [1.82, 2.24) is 15.5 Å². The van der Waals surface area contributed by atoms with E-state index in [1.54, 1.807) is 12.1 Å². The minimum absolute atomic E-state index is 0.129. The highest BCUT2D eigenvalue weighted by atomic mass is 32.1. The Morgan fingerprint density at radius 2 is 1.65 bits per heavy atom. The molecule has 0 aliphatic rings. The van der Waals surface area contributed by atoms with Gasteiger partial charge in [-0.05, 0) is 36.2 Å². The van der Waals surface area contributed by atoms with Crippen LogP contribution in [0.1, 0.15) is 57.4 Å². The van der Waals surface area contributed by atoms with E-state index in [0.717, 1.165) is 24.8 Å². The zero-order chi connectivity index (χ0) is 24.2. The van der Waals surface area contributed by atoms with Gasteiger partial charge in [-0.25, -0.2) is 4.39 Å². The van der Waals surface area contributed by atoms with Crippen LogP contribution in [-0.2, 0) is 16.0 Å². The maximum atomic E-state index is 13.2. The van der Waals surface area contributed by atoms with Crippen LogP contribution in [0.15, 0.2) is 54.6 Å². The van der Waals surface area contributed by atoms with Gasteiger partial charge in [0.1, 0.15) is 16.9 Å². The number of rotatable bonds is 13. The molecule has 0 aliphatic carbocycles. The minimum Gasteiger partial charge on any atom is -0.344 e. The summed E-state index contributed by atoms with van der Waals surface area (Å²) in [6.07, 6.45) is 7.33. The highest BCUT2D eigenvalue weighted by Crippen LogP contribution is 2.26. The fourth-order valence-electron chi connectivity index (χ4n) is 3.57. The van der Waals surface area contributed by atoms with E-state index in [1.165, 1.54) is 42.7 Å². The van der Waals surface area contributed by atoms with Crippen LogP contribution >= 0.6 is 11.3 Å². The molecular weight excluding hydrogens is 451 g/mol. The van der Waals surface area contributed by atoms with Crippen molar-refractivity contribution in [2.24, 2.45) is 0 Å². The highest BCUT2D eigenvalue weighted by molar-refractivity contribution is 7.18. The summed E-state index contributed by atoms with van der Waals surface area (Å²) in [6, 6.07) is 14.8. The number of carbonyl (C=O) groups is 2. The van der Waals surface area contributed by atoms with Gasteiger partial charge < -0.3 is 5.32 Å². The van der Waals surface area contributed by atoms with Crippen molar-refractivity contribution in [3.63, 3.8) is 0 Å². The number of amides is 2. The molecule has 2 aromatic carbocycles. The zero-order valence-electron chi connectivity index (χ0n) is 19.4. The van der Waals surface area contributed by atoms with Crippen molar-refractivity contribution >= 4 is 28.3 Å². The van der Waals surface area contributed by atoms with Crippen molar-refractivity contribution in [3.8, 4) is 10.6 Å². The standard InChI is InChI=1S/C26H31FN4O2S/c1-2-3-4-5-6-10-13-23(32)28-22(18-19-11-8-7-9-12-19)24(33)29-26-31-30-25(34-26)20-14-16-21(27)17-15-20/h7-9,11-12,14-17,22H,2-6,10,13,18H2,1H3,(H,28,32)(H,29,31,33)/t22-/m0/s1. The second-order valence-corrected chi connectivity index (χ2v) is 9.21. The summed E-state index contributed by atoms with van der Waals surface area (Å²) < 4.78 is 13.2. The van der Waals surface area contributed by atoms with Crippen LogP contribution in [0, 0.1) is 5.82 Å². The predicted molar refractivity (Wildman–Crippen MR) is 134 cm³/mol. The van der Waals surface area contributed by atoms with E-state index in [0.29, 0.717) is 28.5 Å². The summed E-state index contributed by atoms with van der Waals surface area (Å²) in [4.78, 5) is 25.6.